The standard InChI is InChI=1S/C16H20N4O/c1-20(13-6-3-2-4-7-13)15-9-10-17-16(19-15)18-12-14-8-5-11-21-14/h2-4,6-7,9-10,14H,5,8,11-12H2,1H3,(H,17,18,19). The van der Waals surface area contributed by atoms with Crippen molar-refractivity contribution >= 4 is 17.5 Å². The second kappa shape index (κ2) is 6.54. The summed E-state index contributed by atoms with van der Waals surface area (Å²) in [7, 11) is 2.00. The molecule has 2 aromatic rings. The predicted molar refractivity (Wildman–Crippen MR) is 84.0 cm³/mol. The Balaban J connectivity index is 1.67. The van der Waals surface area contributed by atoms with E-state index in [0.29, 0.717) is 5.95 Å². The first-order valence-electron chi connectivity index (χ1n) is 7.30. The fourth-order valence-corrected chi connectivity index (χ4v) is 2.42. The quantitative estimate of drug-likeness (QED) is 0.915. The van der Waals surface area contributed by atoms with Gasteiger partial charge in [0.2, 0.25) is 5.95 Å². The van der Waals surface area contributed by atoms with Gasteiger partial charge < -0.3 is 15.0 Å². The molecule has 1 N–H and O–H groups in total. The second-order valence-corrected chi connectivity index (χ2v) is 5.15. The molecule has 1 saturated heterocycles. The van der Waals surface area contributed by atoms with Gasteiger partial charge in [0, 0.05) is 32.1 Å². The number of anilines is 3. The lowest BCUT2D eigenvalue weighted by atomic mass is 10.2. The van der Waals surface area contributed by atoms with Crippen molar-refractivity contribution in [1.82, 2.24) is 9.97 Å². The maximum Gasteiger partial charge on any atom is 0.224 e. The Morgan fingerprint density at radius 1 is 1.29 bits per heavy atom. The molecule has 1 unspecified atom stereocenters. The summed E-state index contributed by atoms with van der Waals surface area (Å²) in [4.78, 5) is 10.9. The third-order valence-electron chi connectivity index (χ3n) is 3.64. The molecule has 0 radical (unpaired) electrons. The second-order valence-electron chi connectivity index (χ2n) is 5.15. The third kappa shape index (κ3) is 3.49. The Bertz CT molecular complexity index is 569. The smallest absolute Gasteiger partial charge is 0.224 e. The number of para-hydroxylation sites is 1. The van der Waals surface area contributed by atoms with Crippen LogP contribution in [0.2, 0.25) is 0 Å². The van der Waals surface area contributed by atoms with E-state index < -0.39 is 0 Å². The summed E-state index contributed by atoms with van der Waals surface area (Å²) < 4.78 is 5.59. The van der Waals surface area contributed by atoms with Crippen LogP contribution >= 0.6 is 0 Å². The number of ether oxygens (including phenoxy) is 1. The first-order chi connectivity index (χ1) is 10.3. The Labute approximate surface area is 125 Å². The van der Waals surface area contributed by atoms with E-state index in [0.717, 1.165) is 37.5 Å². The van der Waals surface area contributed by atoms with E-state index in [9.17, 15) is 0 Å². The highest BCUT2D eigenvalue weighted by Gasteiger charge is 2.15. The molecule has 21 heavy (non-hydrogen) atoms. The van der Waals surface area contributed by atoms with E-state index in [4.69, 9.17) is 4.74 Å². The van der Waals surface area contributed by atoms with Gasteiger partial charge in [0.05, 0.1) is 6.10 Å². The molecule has 5 nitrogen and oxygen atoms in total. The van der Waals surface area contributed by atoms with Gasteiger partial charge in [-0.1, -0.05) is 18.2 Å². The number of hydrogen-bond acceptors (Lipinski definition) is 5. The largest absolute Gasteiger partial charge is 0.376 e. The Morgan fingerprint density at radius 2 is 2.14 bits per heavy atom. The first-order valence-corrected chi connectivity index (χ1v) is 7.30. The summed E-state index contributed by atoms with van der Waals surface area (Å²) in [6, 6.07) is 12.1. The molecule has 0 aliphatic carbocycles. The molecule has 0 bridgehead atoms. The molecular formula is C16H20N4O. The molecule has 0 saturated carbocycles. The first kappa shape index (κ1) is 13.8. The zero-order chi connectivity index (χ0) is 14.5. The maximum atomic E-state index is 5.59. The Kier molecular flexibility index (Phi) is 4.31. The van der Waals surface area contributed by atoms with Crippen LogP contribution in [0.15, 0.2) is 42.6 Å². The Hall–Kier alpha value is -2.14. The molecular weight excluding hydrogens is 264 g/mol. The fraction of sp³-hybridized carbons (Fsp3) is 0.375. The molecule has 3 rings (SSSR count). The van der Waals surface area contributed by atoms with Crippen LogP contribution in [0.3, 0.4) is 0 Å². The molecule has 1 aromatic carbocycles. The highest BCUT2D eigenvalue weighted by atomic mass is 16.5. The highest BCUT2D eigenvalue weighted by Crippen LogP contribution is 2.21. The SMILES string of the molecule is CN(c1ccccc1)c1ccnc(NCC2CCCO2)n1. The van der Waals surface area contributed by atoms with E-state index in [-0.39, 0.29) is 6.10 Å². The molecule has 2 heterocycles. The van der Waals surface area contributed by atoms with Crippen LogP contribution in [0.5, 0.6) is 0 Å². The summed E-state index contributed by atoms with van der Waals surface area (Å²) >= 11 is 0. The number of benzene rings is 1. The van der Waals surface area contributed by atoms with Crippen LogP contribution in [-0.2, 0) is 4.74 Å². The summed E-state index contributed by atoms with van der Waals surface area (Å²) in [6.07, 6.45) is 4.31. The lowest BCUT2D eigenvalue weighted by Crippen LogP contribution is -2.20. The summed E-state index contributed by atoms with van der Waals surface area (Å²) in [6.45, 7) is 1.63. The van der Waals surface area contributed by atoms with Crippen molar-refractivity contribution in [2.75, 3.05) is 30.4 Å². The zero-order valence-electron chi connectivity index (χ0n) is 12.2. The minimum absolute atomic E-state index is 0.282. The minimum atomic E-state index is 0.282. The van der Waals surface area contributed by atoms with E-state index in [1.165, 1.54) is 0 Å². The van der Waals surface area contributed by atoms with Crippen molar-refractivity contribution in [2.24, 2.45) is 0 Å². The van der Waals surface area contributed by atoms with E-state index in [1.807, 2.05) is 36.2 Å². The van der Waals surface area contributed by atoms with E-state index >= 15 is 0 Å². The summed E-state index contributed by atoms with van der Waals surface area (Å²) in [5.74, 6) is 1.51. The van der Waals surface area contributed by atoms with Crippen LogP contribution in [-0.4, -0.2) is 36.3 Å². The maximum absolute atomic E-state index is 5.59. The van der Waals surface area contributed by atoms with Gasteiger partial charge in [-0.3, -0.25) is 0 Å². The van der Waals surface area contributed by atoms with Crippen molar-refractivity contribution < 1.29 is 4.74 Å². The van der Waals surface area contributed by atoms with Gasteiger partial charge in [0.15, 0.2) is 0 Å². The lowest BCUT2D eigenvalue weighted by Gasteiger charge is -2.19. The molecule has 1 aliphatic rings. The number of rotatable bonds is 5. The van der Waals surface area contributed by atoms with Gasteiger partial charge >= 0.3 is 0 Å². The van der Waals surface area contributed by atoms with E-state index in [1.54, 1.807) is 6.20 Å². The fourth-order valence-electron chi connectivity index (χ4n) is 2.42. The van der Waals surface area contributed by atoms with Crippen LogP contribution in [0.1, 0.15) is 12.8 Å². The monoisotopic (exact) mass is 284 g/mol. The topological polar surface area (TPSA) is 50.3 Å². The number of nitrogens with one attached hydrogen (secondary N) is 1. The Morgan fingerprint density at radius 3 is 2.90 bits per heavy atom. The van der Waals surface area contributed by atoms with Gasteiger partial charge in [-0.15, -0.1) is 0 Å². The number of hydrogen-bond donors (Lipinski definition) is 1. The average molecular weight is 284 g/mol. The van der Waals surface area contributed by atoms with Gasteiger partial charge in [0.25, 0.3) is 0 Å². The van der Waals surface area contributed by atoms with Crippen molar-refractivity contribution in [1.29, 1.82) is 0 Å². The lowest BCUT2D eigenvalue weighted by molar-refractivity contribution is 0.120. The zero-order valence-corrected chi connectivity index (χ0v) is 12.2. The molecule has 0 amide bonds. The van der Waals surface area contributed by atoms with Gasteiger partial charge in [-0.25, -0.2) is 4.98 Å². The van der Waals surface area contributed by atoms with E-state index in [2.05, 4.69) is 27.4 Å². The summed E-state index contributed by atoms with van der Waals surface area (Å²) in [5, 5.41) is 3.26. The predicted octanol–water partition coefficient (Wildman–Crippen LogP) is 2.84. The molecule has 5 heteroatoms. The molecule has 0 spiro atoms. The molecule has 1 aliphatic heterocycles. The van der Waals surface area contributed by atoms with Crippen molar-refractivity contribution in [2.45, 2.75) is 18.9 Å². The van der Waals surface area contributed by atoms with Crippen LogP contribution in [0.4, 0.5) is 17.5 Å². The van der Waals surface area contributed by atoms with Crippen LogP contribution in [0, 0.1) is 0 Å². The summed E-state index contributed by atoms with van der Waals surface area (Å²) in [5.41, 5.74) is 1.10. The average Bonchev–Trinajstić information content (AvgIpc) is 3.07. The van der Waals surface area contributed by atoms with Crippen molar-refractivity contribution in [3.63, 3.8) is 0 Å². The van der Waals surface area contributed by atoms with Crippen molar-refractivity contribution in [3.8, 4) is 0 Å². The van der Waals surface area contributed by atoms with Crippen LogP contribution < -0.4 is 10.2 Å². The molecule has 110 valence electrons. The molecule has 1 fully saturated rings. The minimum Gasteiger partial charge on any atom is -0.376 e. The van der Waals surface area contributed by atoms with Gasteiger partial charge in [0.1, 0.15) is 5.82 Å². The van der Waals surface area contributed by atoms with Crippen molar-refractivity contribution in [3.05, 3.63) is 42.6 Å². The molecule has 1 aromatic heterocycles. The number of nitrogens with zero attached hydrogens (tertiary/aromatic N) is 3. The third-order valence-corrected chi connectivity index (χ3v) is 3.64. The normalized spacial score (nSPS) is 17.7. The van der Waals surface area contributed by atoms with Gasteiger partial charge in [-0.05, 0) is 31.0 Å². The number of aromatic nitrogens is 2. The van der Waals surface area contributed by atoms with Gasteiger partial charge in [-0.2, -0.15) is 4.98 Å². The highest BCUT2D eigenvalue weighted by molar-refractivity contribution is 5.59. The molecule has 1 atom stereocenters. The van der Waals surface area contributed by atoms with Crippen LogP contribution in [0.25, 0.3) is 0 Å².